The Kier molecular flexibility index (Phi) is 8.04. The van der Waals surface area contributed by atoms with E-state index < -0.39 is 0 Å². The number of carbonyl (C=O) groups excluding carboxylic acids is 2. The molecule has 170 valence electrons. The van der Waals surface area contributed by atoms with Crippen molar-refractivity contribution in [2.24, 2.45) is 0 Å². The Morgan fingerprint density at radius 3 is 2.29 bits per heavy atom. The molecular formula is C22H33N5O4. The fourth-order valence-electron chi connectivity index (χ4n) is 2.84. The maximum atomic E-state index is 12.8. The molecule has 0 radical (unpaired) electrons. The van der Waals surface area contributed by atoms with Gasteiger partial charge in [0, 0.05) is 39.2 Å². The highest BCUT2D eigenvalue weighted by Crippen LogP contribution is 2.27. The fourth-order valence-corrected chi connectivity index (χ4v) is 2.84. The first-order chi connectivity index (χ1) is 14.6. The van der Waals surface area contributed by atoms with Crippen LogP contribution in [0.15, 0.2) is 30.3 Å². The summed E-state index contributed by atoms with van der Waals surface area (Å²) in [6.45, 7) is 6.72. The highest BCUT2D eigenvalue weighted by molar-refractivity contribution is 5.94. The molecule has 0 saturated heterocycles. The molecule has 0 fully saturated rings. The number of hydrogen-bond donors (Lipinski definition) is 1. The van der Waals surface area contributed by atoms with Gasteiger partial charge < -0.3 is 24.6 Å². The molecular weight excluding hydrogens is 398 g/mol. The van der Waals surface area contributed by atoms with Crippen LogP contribution in [0.5, 0.6) is 5.75 Å². The van der Waals surface area contributed by atoms with Crippen LogP contribution in [0.1, 0.15) is 26.5 Å². The number of nitrogens with zero attached hydrogens (tertiary/aromatic N) is 4. The Hall–Kier alpha value is -3.07. The molecule has 0 aliphatic carbocycles. The summed E-state index contributed by atoms with van der Waals surface area (Å²) in [5.41, 5.74) is 1.41. The summed E-state index contributed by atoms with van der Waals surface area (Å²) in [7, 11) is 6.46. The van der Waals surface area contributed by atoms with E-state index in [2.05, 4.69) is 26.1 Å². The van der Waals surface area contributed by atoms with Crippen molar-refractivity contribution in [1.29, 1.82) is 0 Å². The molecule has 3 amide bonds. The summed E-state index contributed by atoms with van der Waals surface area (Å²) in [5, 5.41) is 7.61. The van der Waals surface area contributed by atoms with Crippen LogP contribution in [0.25, 0.3) is 5.69 Å². The lowest BCUT2D eigenvalue weighted by Crippen LogP contribution is -2.45. The SMILES string of the molecule is COCCN(CC(=O)Nc1cc(C(C)(C)C)nn1-c1ccc(OC)cc1)C(=O)N(C)C. The van der Waals surface area contributed by atoms with Crippen LogP contribution in [-0.4, -0.2) is 79.5 Å². The second-order valence-corrected chi connectivity index (χ2v) is 8.41. The molecule has 0 spiro atoms. The molecule has 9 heteroatoms. The van der Waals surface area contributed by atoms with E-state index in [9.17, 15) is 9.59 Å². The van der Waals surface area contributed by atoms with Gasteiger partial charge >= 0.3 is 6.03 Å². The average molecular weight is 432 g/mol. The predicted molar refractivity (Wildman–Crippen MR) is 120 cm³/mol. The Bertz CT molecular complexity index is 884. The molecule has 0 saturated carbocycles. The predicted octanol–water partition coefficient (Wildman–Crippen LogP) is 2.75. The minimum absolute atomic E-state index is 0.0982. The van der Waals surface area contributed by atoms with Crippen molar-refractivity contribution in [2.75, 3.05) is 53.3 Å². The number of methoxy groups -OCH3 is 2. The average Bonchev–Trinajstić information content (AvgIpc) is 3.14. The molecule has 1 N–H and O–H groups in total. The Balaban J connectivity index is 2.29. The number of carbonyl (C=O) groups is 2. The van der Waals surface area contributed by atoms with E-state index in [4.69, 9.17) is 14.6 Å². The number of anilines is 1. The molecule has 1 aromatic heterocycles. The van der Waals surface area contributed by atoms with Gasteiger partial charge in [-0.25, -0.2) is 9.48 Å². The normalized spacial score (nSPS) is 11.2. The first-order valence-corrected chi connectivity index (χ1v) is 10.1. The van der Waals surface area contributed by atoms with E-state index in [1.54, 1.807) is 33.0 Å². The van der Waals surface area contributed by atoms with Crippen molar-refractivity contribution in [2.45, 2.75) is 26.2 Å². The molecule has 0 atom stereocenters. The fraction of sp³-hybridized carbons (Fsp3) is 0.500. The van der Waals surface area contributed by atoms with Gasteiger partial charge in [-0.05, 0) is 24.3 Å². The molecule has 0 aliphatic heterocycles. The van der Waals surface area contributed by atoms with Gasteiger partial charge in [0.25, 0.3) is 0 Å². The minimum Gasteiger partial charge on any atom is -0.497 e. The lowest BCUT2D eigenvalue weighted by atomic mass is 9.92. The zero-order valence-corrected chi connectivity index (χ0v) is 19.4. The second kappa shape index (κ2) is 10.3. The number of benzene rings is 1. The van der Waals surface area contributed by atoms with Gasteiger partial charge in [-0.15, -0.1) is 0 Å². The molecule has 2 aromatic rings. The number of ether oxygens (including phenoxy) is 2. The van der Waals surface area contributed by atoms with E-state index in [1.165, 1.54) is 9.80 Å². The lowest BCUT2D eigenvalue weighted by molar-refractivity contribution is -0.117. The highest BCUT2D eigenvalue weighted by atomic mass is 16.5. The van der Waals surface area contributed by atoms with Crippen molar-refractivity contribution in [3.8, 4) is 11.4 Å². The van der Waals surface area contributed by atoms with Gasteiger partial charge in [0.2, 0.25) is 5.91 Å². The van der Waals surface area contributed by atoms with Gasteiger partial charge in [-0.2, -0.15) is 5.10 Å². The number of rotatable bonds is 8. The van der Waals surface area contributed by atoms with Gasteiger partial charge in [0.15, 0.2) is 0 Å². The van der Waals surface area contributed by atoms with Crippen LogP contribution in [0.2, 0.25) is 0 Å². The summed E-state index contributed by atoms with van der Waals surface area (Å²) in [6.07, 6.45) is 0. The summed E-state index contributed by atoms with van der Waals surface area (Å²) >= 11 is 0. The summed E-state index contributed by atoms with van der Waals surface area (Å²) in [4.78, 5) is 28.1. The third-order valence-electron chi connectivity index (χ3n) is 4.62. The largest absolute Gasteiger partial charge is 0.497 e. The zero-order valence-electron chi connectivity index (χ0n) is 19.4. The minimum atomic E-state index is -0.318. The van der Waals surface area contributed by atoms with E-state index in [-0.39, 0.29) is 23.9 Å². The monoisotopic (exact) mass is 431 g/mol. The van der Waals surface area contributed by atoms with Gasteiger partial charge in [0.1, 0.15) is 18.1 Å². The summed E-state index contributed by atoms with van der Waals surface area (Å²) < 4.78 is 12.0. The van der Waals surface area contributed by atoms with Crippen molar-refractivity contribution in [3.05, 3.63) is 36.0 Å². The first-order valence-electron chi connectivity index (χ1n) is 10.1. The molecule has 1 heterocycles. The van der Waals surface area contributed by atoms with Crippen LogP contribution >= 0.6 is 0 Å². The molecule has 0 aliphatic rings. The number of amides is 3. The van der Waals surface area contributed by atoms with Crippen molar-refractivity contribution < 1.29 is 19.1 Å². The third kappa shape index (κ3) is 6.45. The standard InChI is InChI=1S/C22H33N5O4/c1-22(2,3)18-14-19(27(24-18)16-8-10-17(31-7)11-9-16)23-20(28)15-26(12-13-30-6)21(29)25(4)5/h8-11,14H,12-13,15H2,1-7H3,(H,23,28). The summed E-state index contributed by atoms with van der Waals surface area (Å²) in [6, 6.07) is 9.01. The molecule has 0 bridgehead atoms. The van der Waals surface area contributed by atoms with Crippen LogP contribution in [0.3, 0.4) is 0 Å². The van der Waals surface area contributed by atoms with Crippen LogP contribution in [-0.2, 0) is 14.9 Å². The number of urea groups is 1. The van der Waals surface area contributed by atoms with Crippen LogP contribution in [0, 0.1) is 0 Å². The van der Waals surface area contributed by atoms with Crippen molar-refractivity contribution in [1.82, 2.24) is 19.6 Å². The number of hydrogen-bond acceptors (Lipinski definition) is 5. The van der Waals surface area contributed by atoms with Crippen LogP contribution in [0.4, 0.5) is 10.6 Å². The Labute approximate surface area is 183 Å². The van der Waals surface area contributed by atoms with Crippen molar-refractivity contribution in [3.63, 3.8) is 0 Å². The summed E-state index contributed by atoms with van der Waals surface area (Å²) in [5.74, 6) is 0.944. The number of aromatic nitrogens is 2. The molecule has 31 heavy (non-hydrogen) atoms. The lowest BCUT2D eigenvalue weighted by Gasteiger charge is -2.25. The van der Waals surface area contributed by atoms with E-state index in [0.717, 1.165) is 17.1 Å². The van der Waals surface area contributed by atoms with Gasteiger partial charge in [-0.1, -0.05) is 20.8 Å². The van der Waals surface area contributed by atoms with Crippen LogP contribution < -0.4 is 10.1 Å². The molecule has 1 aromatic carbocycles. The van der Waals surface area contributed by atoms with E-state index in [1.807, 2.05) is 30.3 Å². The Morgan fingerprint density at radius 1 is 1.13 bits per heavy atom. The number of nitrogens with one attached hydrogen (secondary N) is 1. The van der Waals surface area contributed by atoms with Gasteiger partial charge in [0.05, 0.1) is 25.1 Å². The zero-order chi connectivity index (χ0) is 23.2. The first kappa shape index (κ1) is 24.2. The quantitative estimate of drug-likeness (QED) is 0.694. The second-order valence-electron chi connectivity index (χ2n) is 8.41. The Morgan fingerprint density at radius 2 is 1.77 bits per heavy atom. The maximum Gasteiger partial charge on any atom is 0.320 e. The smallest absolute Gasteiger partial charge is 0.320 e. The topological polar surface area (TPSA) is 88.9 Å². The molecule has 0 unspecified atom stereocenters. The highest BCUT2D eigenvalue weighted by Gasteiger charge is 2.23. The molecule has 2 rings (SSSR count). The van der Waals surface area contributed by atoms with E-state index >= 15 is 0 Å². The molecule has 9 nitrogen and oxygen atoms in total. The van der Waals surface area contributed by atoms with E-state index in [0.29, 0.717) is 19.0 Å². The van der Waals surface area contributed by atoms with Crippen molar-refractivity contribution >= 4 is 17.8 Å². The van der Waals surface area contributed by atoms with Gasteiger partial charge in [-0.3, -0.25) is 4.79 Å². The third-order valence-corrected chi connectivity index (χ3v) is 4.62. The maximum absolute atomic E-state index is 12.8.